The van der Waals surface area contributed by atoms with E-state index in [9.17, 15) is 9.18 Å². The molecular formula is C25H25FN6O. The van der Waals surface area contributed by atoms with E-state index < -0.39 is 5.82 Å². The number of rotatable bonds is 5. The zero-order valence-corrected chi connectivity index (χ0v) is 18.4. The Morgan fingerprint density at radius 1 is 1.12 bits per heavy atom. The van der Waals surface area contributed by atoms with Gasteiger partial charge in [0.15, 0.2) is 5.82 Å². The molecule has 0 radical (unpaired) electrons. The highest BCUT2D eigenvalue weighted by molar-refractivity contribution is 6.06. The second kappa shape index (κ2) is 8.97. The van der Waals surface area contributed by atoms with Crippen molar-refractivity contribution in [1.82, 2.24) is 24.5 Å². The number of piperidine rings is 1. The fraction of sp³-hybridized carbons (Fsp3) is 0.280. The fourth-order valence-corrected chi connectivity index (χ4v) is 4.56. The maximum atomic E-state index is 14.0. The van der Waals surface area contributed by atoms with Gasteiger partial charge < -0.3 is 10.2 Å². The summed E-state index contributed by atoms with van der Waals surface area (Å²) in [4.78, 5) is 24.0. The van der Waals surface area contributed by atoms with Gasteiger partial charge in [-0.1, -0.05) is 43.3 Å². The molecule has 4 heterocycles. The van der Waals surface area contributed by atoms with Crippen LogP contribution in [0.3, 0.4) is 0 Å². The molecule has 168 valence electrons. The molecule has 0 unspecified atom stereocenters. The number of benzene rings is 1. The lowest BCUT2D eigenvalue weighted by Gasteiger charge is -2.40. The monoisotopic (exact) mass is 444 g/mol. The van der Waals surface area contributed by atoms with Gasteiger partial charge in [-0.25, -0.2) is 18.9 Å². The number of pyridine rings is 1. The van der Waals surface area contributed by atoms with Crippen molar-refractivity contribution in [3.63, 3.8) is 0 Å². The molecule has 1 aromatic carbocycles. The van der Waals surface area contributed by atoms with E-state index in [-0.39, 0.29) is 17.9 Å². The lowest BCUT2D eigenvalue weighted by atomic mass is 9.89. The zero-order chi connectivity index (χ0) is 22.8. The number of aromatic nitrogens is 4. The number of hydrogen-bond donors (Lipinski definition) is 1. The van der Waals surface area contributed by atoms with Gasteiger partial charge in [0, 0.05) is 24.8 Å². The molecule has 33 heavy (non-hydrogen) atoms. The quantitative estimate of drug-likeness (QED) is 0.497. The molecule has 0 spiro atoms. The minimum atomic E-state index is -0.482. The summed E-state index contributed by atoms with van der Waals surface area (Å²) in [6.45, 7) is 3.31. The van der Waals surface area contributed by atoms with Gasteiger partial charge in [-0.2, -0.15) is 5.10 Å². The molecule has 1 fully saturated rings. The summed E-state index contributed by atoms with van der Waals surface area (Å²) in [6.07, 6.45) is 6.10. The average molecular weight is 445 g/mol. The number of nitrogens with zero attached hydrogens (tertiary/aromatic N) is 5. The largest absolute Gasteiger partial charge is 0.352 e. The predicted octanol–water partition coefficient (Wildman–Crippen LogP) is 4.28. The number of fused-ring (bicyclic) bond motifs is 1. The van der Waals surface area contributed by atoms with Crippen LogP contribution < -0.4 is 5.32 Å². The minimum Gasteiger partial charge on any atom is -0.352 e. The van der Waals surface area contributed by atoms with Crippen molar-refractivity contribution in [3.8, 4) is 11.3 Å². The SMILES string of the molecule is C[C@@H]1CCCN(C(=O)c2c(-c3ccccc3)nn3ccccc23)[C@@H]1CNc1ncc(F)cn1. The van der Waals surface area contributed by atoms with E-state index in [1.54, 1.807) is 4.52 Å². The molecule has 1 amide bonds. The second-order valence-electron chi connectivity index (χ2n) is 8.41. The maximum Gasteiger partial charge on any atom is 0.258 e. The number of hydrogen-bond acceptors (Lipinski definition) is 5. The number of nitrogens with one attached hydrogen (secondary N) is 1. The molecule has 0 bridgehead atoms. The van der Waals surface area contributed by atoms with Gasteiger partial charge in [0.25, 0.3) is 5.91 Å². The molecule has 2 atom stereocenters. The standard InChI is InChI=1S/C25H25FN6O/c1-17-8-7-12-31(21(17)16-29-25-27-14-19(26)15-28-25)24(33)22-20-11-5-6-13-32(20)30-23(22)18-9-3-2-4-10-18/h2-6,9-11,13-15,17,21H,7-8,12,16H2,1H3,(H,27,28,29)/t17-,21-/m1/s1. The van der Waals surface area contributed by atoms with Crippen LogP contribution in [0.1, 0.15) is 30.1 Å². The van der Waals surface area contributed by atoms with Gasteiger partial charge in [-0.15, -0.1) is 0 Å². The topological polar surface area (TPSA) is 75.4 Å². The highest BCUT2D eigenvalue weighted by Crippen LogP contribution is 2.31. The molecule has 0 aliphatic carbocycles. The number of carbonyl (C=O) groups excluding carboxylic acids is 1. The Kier molecular flexibility index (Phi) is 5.73. The molecule has 7 nitrogen and oxygen atoms in total. The van der Waals surface area contributed by atoms with Crippen molar-refractivity contribution in [2.75, 3.05) is 18.4 Å². The van der Waals surface area contributed by atoms with Crippen molar-refractivity contribution >= 4 is 17.4 Å². The van der Waals surface area contributed by atoms with Crippen LogP contribution in [0.4, 0.5) is 10.3 Å². The lowest BCUT2D eigenvalue weighted by molar-refractivity contribution is 0.0542. The molecule has 8 heteroatoms. The van der Waals surface area contributed by atoms with E-state index in [4.69, 9.17) is 5.10 Å². The molecule has 1 N–H and O–H groups in total. The van der Waals surface area contributed by atoms with Crippen LogP contribution in [0.2, 0.25) is 0 Å². The summed E-state index contributed by atoms with van der Waals surface area (Å²) in [5.41, 5.74) is 2.98. The minimum absolute atomic E-state index is 0.0339. The van der Waals surface area contributed by atoms with Crippen LogP contribution in [0, 0.1) is 11.7 Å². The van der Waals surface area contributed by atoms with E-state index in [0.717, 1.165) is 36.3 Å². The van der Waals surface area contributed by atoms with Gasteiger partial charge >= 0.3 is 0 Å². The zero-order valence-electron chi connectivity index (χ0n) is 18.4. The Balaban J connectivity index is 1.50. The summed E-state index contributed by atoms with van der Waals surface area (Å²) < 4.78 is 14.9. The highest BCUT2D eigenvalue weighted by Gasteiger charge is 2.35. The van der Waals surface area contributed by atoms with E-state index in [1.807, 2.05) is 59.6 Å². The van der Waals surface area contributed by atoms with Gasteiger partial charge in [0.2, 0.25) is 5.95 Å². The van der Waals surface area contributed by atoms with Crippen molar-refractivity contribution < 1.29 is 9.18 Å². The normalized spacial score (nSPS) is 18.4. The van der Waals surface area contributed by atoms with E-state index in [0.29, 0.717) is 30.3 Å². The fourth-order valence-electron chi connectivity index (χ4n) is 4.56. The van der Waals surface area contributed by atoms with Crippen molar-refractivity contribution in [2.45, 2.75) is 25.8 Å². The first kappa shape index (κ1) is 21.1. The molecule has 3 aromatic heterocycles. The number of anilines is 1. The van der Waals surface area contributed by atoms with Crippen molar-refractivity contribution in [1.29, 1.82) is 0 Å². The Morgan fingerprint density at radius 3 is 2.67 bits per heavy atom. The number of halogens is 1. The Bertz CT molecular complexity index is 1260. The van der Waals surface area contributed by atoms with Crippen LogP contribution in [-0.2, 0) is 0 Å². The Labute approximate surface area is 191 Å². The third-order valence-corrected chi connectivity index (χ3v) is 6.27. The second-order valence-corrected chi connectivity index (χ2v) is 8.41. The third-order valence-electron chi connectivity index (χ3n) is 6.27. The molecule has 0 saturated carbocycles. The van der Waals surface area contributed by atoms with E-state index >= 15 is 0 Å². The lowest BCUT2D eigenvalue weighted by Crippen LogP contribution is -2.51. The van der Waals surface area contributed by atoms with Crippen LogP contribution in [0.15, 0.2) is 67.1 Å². The molecule has 1 saturated heterocycles. The summed E-state index contributed by atoms with van der Waals surface area (Å²) in [6, 6.07) is 15.5. The molecule has 4 aromatic rings. The molecule has 1 aliphatic rings. The van der Waals surface area contributed by atoms with Gasteiger partial charge in [0.05, 0.1) is 29.5 Å². The number of likely N-dealkylation sites (tertiary alicyclic amines) is 1. The summed E-state index contributed by atoms with van der Waals surface area (Å²) >= 11 is 0. The first-order valence-corrected chi connectivity index (χ1v) is 11.2. The molecular weight excluding hydrogens is 419 g/mol. The Morgan fingerprint density at radius 2 is 1.88 bits per heavy atom. The average Bonchev–Trinajstić information content (AvgIpc) is 3.24. The van der Waals surface area contributed by atoms with Crippen molar-refractivity contribution in [3.05, 3.63) is 78.5 Å². The number of carbonyl (C=O) groups is 1. The Hall–Kier alpha value is -3.81. The van der Waals surface area contributed by atoms with E-state index in [2.05, 4.69) is 22.2 Å². The van der Waals surface area contributed by atoms with Crippen LogP contribution in [0.25, 0.3) is 16.8 Å². The predicted molar refractivity (Wildman–Crippen MR) is 124 cm³/mol. The maximum absolute atomic E-state index is 14.0. The number of amides is 1. The summed E-state index contributed by atoms with van der Waals surface area (Å²) in [7, 11) is 0. The van der Waals surface area contributed by atoms with Crippen LogP contribution in [-0.4, -0.2) is 49.5 Å². The smallest absolute Gasteiger partial charge is 0.258 e. The van der Waals surface area contributed by atoms with Crippen LogP contribution in [0.5, 0.6) is 0 Å². The summed E-state index contributed by atoms with van der Waals surface area (Å²) in [5.74, 6) is 0.124. The van der Waals surface area contributed by atoms with Gasteiger partial charge in [0.1, 0.15) is 5.69 Å². The highest BCUT2D eigenvalue weighted by atomic mass is 19.1. The first-order chi connectivity index (χ1) is 16.1. The van der Waals surface area contributed by atoms with Crippen molar-refractivity contribution in [2.24, 2.45) is 5.92 Å². The first-order valence-electron chi connectivity index (χ1n) is 11.2. The third kappa shape index (κ3) is 4.16. The van der Waals surface area contributed by atoms with E-state index in [1.165, 1.54) is 0 Å². The van der Waals surface area contributed by atoms with Gasteiger partial charge in [-0.05, 0) is 30.9 Å². The summed E-state index contributed by atoms with van der Waals surface area (Å²) in [5, 5.41) is 7.92. The van der Waals surface area contributed by atoms with Gasteiger partial charge in [-0.3, -0.25) is 4.79 Å². The molecule has 5 rings (SSSR count). The molecule has 1 aliphatic heterocycles. The van der Waals surface area contributed by atoms with Crippen LogP contribution >= 0.6 is 0 Å².